The number of halogens is 4. The highest BCUT2D eigenvalue weighted by Crippen LogP contribution is 2.29. The zero-order chi connectivity index (χ0) is 13.9. The first kappa shape index (κ1) is 15.3. The van der Waals surface area contributed by atoms with Crippen molar-refractivity contribution in [2.45, 2.75) is 26.1 Å². The zero-order valence-electron chi connectivity index (χ0n) is 10.1. The van der Waals surface area contributed by atoms with Gasteiger partial charge in [0.1, 0.15) is 6.54 Å². The molecule has 2 nitrogen and oxygen atoms in total. The van der Waals surface area contributed by atoms with Crippen molar-refractivity contribution in [3.63, 3.8) is 0 Å². The number of anilines is 1. The minimum atomic E-state index is -4.23. The Morgan fingerprint density at radius 2 is 2.00 bits per heavy atom. The number of benzene rings is 1. The molecule has 0 aliphatic carbocycles. The standard InChI is InChI=1S/C12H15BrF3NO/c1-3-17(7-12(14,15)16)9-4-5-10(8(2)18)11(13)6-9/h4-6,8,18H,3,7H2,1-2H3/t8-/m0/s1. The highest BCUT2D eigenvalue weighted by atomic mass is 79.9. The van der Waals surface area contributed by atoms with E-state index in [1.54, 1.807) is 32.0 Å². The number of hydrogen-bond acceptors (Lipinski definition) is 2. The normalized spacial score (nSPS) is 13.5. The predicted octanol–water partition coefficient (Wildman–Crippen LogP) is 3.89. The molecule has 0 fully saturated rings. The molecule has 6 heteroatoms. The molecule has 0 aromatic heterocycles. The van der Waals surface area contributed by atoms with Crippen molar-refractivity contribution in [2.24, 2.45) is 0 Å². The van der Waals surface area contributed by atoms with Crippen LogP contribution in [0.5, 0.6) is 0 Å². The number of aliphatic hydroxyl groups is 1. The minimum absolute atomic E-state index is 0.264. The monoisotopic (exact) mass is 325 g/mol. The van der Waals surface area contributed by atoms with Crippen LogP contribution in [-0.4, -0.2) is 24.4 Å². The molecule has 1 aromatic rings. The van der Waals surface area contributed by atoms with Gasteiger partial charge in [-0.2, -0.15) is 13.2 Å². The number of rotatable bonds is 4. The molecule has 0 saturated carbocycles. The molecule has 1 N–H and O–H groups in total. The average molecular weight is 326 g/mol. The topological polar surface area (TPSA) is 23.5 Å². The molecule has 0 aliphatic rings. The van der Waals surface area contributed by atoms with Crippen LogP contribution in [0.4, 0.5) is 18.9 Å². The molecular weight excluding hydrogens is 311 g/mol. The Morgan fingerprint density at radius 3 is 2.39 bits per heavy atom. The van der Waals surface area contributed by atoms with Crippen LogP contribution in [0.1, 0.15) is 25.5 Å². The van der Waals surface area contributed by atoms with E-state index in [1.165, 1.54) is 4.90 Å². The van der Waals surface area contributed by atoms with Gasteiger partial charge in [-0.15, -0.1) is 0 Å². The fourth-order valence-corrected chi connectivity index (χ4v) is 2.35. The first-order valence-corrected chi connectivity index (χ1v) is 6.33. The maximum absolute atomic E-state index is 12.4. The molecular formula is C12H15BrF3NO. The fourth-order valence-electron chi connectivity index (χ4n) is 1.65. The lowest BCUT2D eigenvalue weighted by Crippen LogP contribution is -2.34. The molecule has 1 aromatic carbocycles. The smallest absolute Gasteiger partial charge is 0.389 e. The van der Waals surface area contributed by atoms with Crippen molar-refractivity contribution in [2.75, 3.05) is 18.0 Å². The van der Waals surface area contributed by atoms with Crippen LogP contribution < -0.4 is 4.90 Å². The Kier molecular flexibility index (Phi) is 5.04. The third kappa shape index (κ3) is 4.17. The van der Waals surface area contributed by atoms with Crippen molar-refractivity contribution in [3.8, 4) is 0 Å². The van der Waals surface area contributed by atoms with Crippen LogP contribution in [-0.2, 0) is 0 Å². The van der Waals surface area contributed by atoms with E-state index in [9.17, 15) is 18.3 Å². The van der Waals surface area contributed by atoms with E-state index in [-0.39, 0.29) is 6.54 Å². The van der Waals surface area contributed by atoms with Crippen molar-refractivity contribution in [3.05, 3.63) is 28.2 Å². The number of aliphatic hydroxyl groups excluding tert-OH is 1. The van der Waals surface area contributed by atoms with Gasteiger partial charge in [0.25, 0.3) is 0 Å². The molecule has 0 unspecified atom stereocenters. The van der Waals surface area contributed by atoms with E-state index < -0.39 is 18.8 Å². The molecule has 102 valence electrons. The average Bonchev–Trinajstić information content (AvgIpc) is 2.24. The largest absolute Gasteiger partial charge is 0.405 e. The Balaban J connectivity index is 2.98. The number of hydrogen-bond donors (Lipinski definition) is 1. The van der Waals surface area contributed by atoms with Gasteiger partial charge in [-0.1, -0.05) is 22.0 Å². The molecule has 0 bridgehead atoms. The second-order valence-corrected chi connectivity index (χ2v) is 4.87. The van der Waals surface area contributed by atoms with Crippen LogP contribution >= 0.6 is 15.9 Å². The molecule has 0 radical (unpaired) electrons. The van der Waals surface area contributed by atoms with E-state index in [0.717, 1.165) is 0 Å². The fraction of sp³-hybridized carbons (Fsp3) is 0.500. The summed E-state index contributed by atoms with van der Waals surface area (Å²) in [5.41, 5.74) is 1.13. The third-order valence-corrected chi connectivity index (χ3v) is 3.24. The van der Waals surface area contributed by atoms with Gasteiger partial charge in [0.05, 0.1) is 6.10 Å². The summed E-state index contributed by atoms with van der Waals surface area (Å²) < 4.78 is 37.8. The molecule has 0 saturated heterocycles. The van der Waals surface area contributed by atoms with Crippen LogP contribution in [0.2, 0.25) is 0 Å². The Morgan fingerprint density at radius 1 is 1.39 bits per heavy atom. The summed E-state index contributed by atoms with van der Waals surface area (Å²) in [5.74, 6) is 0. The van der Waals surface area contributed by atoms with Gasteiger partial charge in [0, 0.05) is 16.7 Å². The number of nitrogens with zero attached hydrogens (tertiary/aromatic N) is 1. The summed E-state index contributed by atoms with van der Waals surface area (Å²) in [4.78, 5) is 1.23. The van der Waals surface area contributed by atoms with Gasteiger partial charge in [0.2, 0.25) is 0 Å². The van der Waals surface area contributed by atoms with E-state index in [0.29, 0.717) is 15.7 Å². The van der Waals surface area contributed by atoms with E-state index in [2.05, 4.69) is 15.9 Å². The lowest BCUT2D eigenvalue weighted by molar-refractivity contribution is -0.119. The van der Waals surface area contributed by atoms with E-state index >= 15 is 0 Å². The highest BCUT2D eigenvalue weighted by Gasteiger charge is 2.30. The van der Waals surface area contributed by atoms with Gasteiger partial charge in [-0.05, 0) is 31.5 Å². The zero-order valence-corrected chi connectivity index (χ0v) is 11.7. The molecule has 18 heavy (non-hydrogen) atoms. The lowest BCUT2D eigenvalue weighted by Gasteiger charge is -2.25. The maximum Gasteiger partial charge on any atom is 0.405 e. The molecule has 0 amide bonds. The summed E-state index contributed by atoms with van der Waals surface area (Å²) >= 11 is 3.26. The Bertz CT molecular complexity index is 407. The maximum atomic E-state index is 12.4. The van der Waals surface area contributed by atoms with Gasteiger partial charge in [-0.25, -0.2) is 0 Å². The van der Waals surface area contributed by atoms with Crippen LogP contribution in [0.15, 0.2) is 22.7 Å². The van der Waals surface area contributed by atoms with E-state index in [4.69, 9.17) is 0 Å². The summed E-state index contributed by atoms with van der Waals surface area (Å²) in [5, 5.41) is 9.45. The van der Waals surface area contributed by atoms with Crippen LogP contribution in [0.25, 0.3) is 0 Å². The number of alkyl halides is 3. The van der Waals surface area contributed by atoms with Crippen molar-refractivity contribution < 1.29 is 18.3 Å². The highest BCUT2D eigenvalue weighted by molar-refractivity contribution is 9.10. The minimum Gasteiger partial charge on any atom is -0.389 e. The molecule has 0 spiro atoms. The predicted molar refractivity (Wildman–Crippen MR) is 68.7 cm³/mol. The Labute approximate surface area is 113 Å². The Hall–Kier alpha value is -0.750. The van der Waals surface area contributed by atoms with Crippen molar-refractivity contribution >= 4 is 21.6 Å². The lowest BCUT2D eigenvalue weighted by atomic mass is 10.1. The van der Waals surface area contributed by atoms with Crippen molar-refractivity contribution in [1.29, 1.82) is 0 Å². The first-order chi connectivity index (χ1) is 8.24. The van der Waals surface area contributed by atoms with Gasteiger partial charge < -0.3 is 10.0 Å². The quantitative estimate of drug-likeness (QED) is 0.907. The summed E-state index contributed by atoms with van der Waals surface area (Å²) in [6, 6.07) is 4.81. The van der Waals surface area contributed by atoms with Crippen LogP contribution in [0, 0.1) is 0 Å². The molecule has 1 atom stereocenters. The van der Waals surface area contributed by atoms with Gasteiger partial charge in [-0.3, -0.25) is 0 Å². The summed E-state index contributed by atoms with van der Waals surface area (Å²) in [7, 11) is 0. The SMILES string of the molecule is CCN(CC(F)(F)F)c1ccc([C@H](C)O)c(Br)c1. The molecule has 1 rings (SSSR count). The first-order valence-electron chi connectivity index (χ1n) is 5.53. The van der Waals surface area contributed by atoms with Gasteiger partial charge >= 0.3 is 6.18 Å². The molecule has 0 aliphatic heterocycles. The second kappa shape index (κ2) is 5.93. The summed E-state index contributed by atoms with van der Waals surface area (Å²) in [6.07, 6.45) is -4.89. The molecule has 0 heterocycles. The van der Waals surface area contributed by atoms with Gasteiger partial charge in [0.15, 0.2) is 0 Å². The summed E-state index contributed by atoms with van der Waals surface area (Å²) in [6.45, 7) is 2.55. The van der Waals surface area contributed by atoms with Crippen molar-refractivity contribution in [1.82, 2.24) is 0 Å². The third-order valence-electron chi connectivity index (χ3n) is 2.55. The van der Waals surface area contributed by atoms with E-state index in [1.807, 2.05) is 0 Å². The second-order valence-electron chi connectivity index (χ2n) is 4.01. The van der Waals surface area contributed by atoms with Crippen LogP contribution in [0.3, 0.4) is 0 Å².